The summed E-state index contributed by atoms with van der Waals surface area (Å²) in [6.07, 6.45) is 1.47. The quantitative estimate of drug-likeness (QED) is 0.515. The largest absolute Gasteiger partial charge is 0.255 e. The minimum atomic E-state index is -3.68. The fourth-order valence-corrected chi connectivity index (χ4v) is 4.53. The molecule has 0 atom stereocenters. The van der Waals surface area contributed by atoms with Gasteiger partial charge in [0.1, 0.15) is 0 Å². The van der Waals surface area contributed by atoms with Crippen molar-refractivity contribution >= 4 is 20.7 Å². The van der Waals surface area contributed by atoms with Gasteiger partial charge in [-0.3, -0.25) is 4.98 Å². The second-order valence-corrected chi connectivity index (χ2v) is 8.12. The minimum Gasteiger partial charge on any atom is -0.255 e. The first kappa shape index (κ1) is 16.5. The summed E-state index contributed by atoms with van der Waals surface area (Å²) in [5, 5.41) is 0.827. The maximum atomic E-state index is 13.3. The molecule has 26 heavy (non-hydrogen) atoms. The Bertz CT molecular complexity index is 1180. The van der Waals surface area contributed by atoms with E-state index in [1.165, 1.54) is 6.20 Å². The first-order chi connectivity index (χ1) is 12.6. The van der Waals surface area contributed by atoms with Crippen LogP contribution in [0.2, 0.25) is 0 Å². The molecular weight excluding hydrogens is 342 g/mol. The predicted molar refractivity (Wildman–Crippen MR) is 104 cm³/mol. The molecule has 3 nitrogen and oxygen atoms in total. The Balaban J connectivity index is 2.07. The Morgan fingerprint density at radius 3 is 2.15 bits per heavy atom. The number of hydrogen-bond acceptors (Lipinski definition) is 3. The van der Waals surface area contributed by atoms with Crippen molar-refractivity contribution in [2.24, 2.45) is 0 Å². The summed E-state index contributed by atoms with van der Waals surface area (Å²) in [4.78, 5) is 4.89. The van der Waals surface area contributed by atoms with Crippen molar-refractivity contribution in [3.05, 3.63) is 90.6 Å². The van der Waals surface area contributed by atoms with Crippen LogP contribution in [0.1, 0.15) is 5.56 Å². The van der Waals surface area contributed by atoms with E-state index in [-0.39, 0.29) is 9.79 Å². The van der Waals surface area contributed by atoms with Crippen LogP contribution in [-0.4, -0.2) is 13.4 Å². The average molecular weight is 359 g/mol. The molecule has 0 fully saturated rings. The van der Waals surface area contributed by atoms with E-state index in [1.54, 1.807) is 30.3 Å². The highest BCUT2D eigenvalue weighted by Crippen LogP contribution is 2.36. The molecule has 0 aliphatic heterocycles. The summed E-state index contributed by atoms with van der Waals surface area (Å²) < 4.78 is 26.6. The van der Waals surface area contributed by atoms with Crippen molar-refractivity contribution in [2.45, 2.75) is 16.7 Å². The van der Waals surface area contributed by atoms with E-state index in [1.807, 2.05) is 55.5 Å². The van der Waals surface area contributed by atoms with Crippen molar-refractivity contribution in [1.29, 1.82) is 0 Å². The summed E-state index contributed by atoms with van der Waals surface area (Å²) in [6, 6.07) is 24.0. The molecule has 3 aromatic carbocycles. The van der Waals surface area contributed by atoms with Crippen molar-refractivity contribution in [1.82, 2.24) is 4.98 Å². The standard InChI is InChI=1S/C22H17NO2S/c1-16-11-13-17(14-12-16)22-19-9-5-6-10-20(19)23-15-21(22)26(24,25)18-7-3-2-4-8-18/h2-15H,1H3. The molecule has 0 spiro atoms. The molecule has 0 saturated heterocycles. The van der Waals surface area contributed by atoms with Crippen LogP contribution in [-0.2, 0) is 9.84 Å². The van der Waals surface area contributed by atoms with Crippen LogP contribution in [0.15, 0.2) is 94.9 Å². The van der Waals surface area contributed by atoms with Crippen LogP contribution >= 0.6 is 0 Å². The zero-order chi connectivity index (χ0) is 18.1. The summed E-state index contributed by atoms with van der Waals surface area (Å²) in [5.41, 5.74) is 3.46. The Hall–Kier alpha value is -2.98. The minimum absolute atomic E-state index is 0.228. The van der Waals surface area contributed by atoms with Crippen molar-refractivity contribution in [3.63, 3.8) is 0 Å². The molecule has 1 heterocycles. The third-order valence-corrected chi connectivity index (χ3v) is 6.21. The molecule has 128 valence electrons. The van der Waals surface area contributed by atoms with Crippen LogP contribution in [0.25, 0.3) is 22.0 Å². The fraction of sp³-hybridized carbons (Fsp3) is 0.0455. The Kier molecular flexibility index (Phi) is 4.05. The number of rotatable bonds is 3. The van der Waals surface area contributed by atoms with Crippen molar-refractivity contribution in [2.75, 3.05) is 0 Å². The number of aryl methyl sites for hydroxylation is 1. The Morgan fingerprint density at radius 2 is 1.42 bits per heavy atom. The van der Waals surface area contributed by atoms with Crippen molar-refractivity contribution in [3.8, 4) is 11.1 Å². The van der Waals surface area contributed by atoms with Gasteiger partial charge in [0.05, 0.1) is 15.3 Å². The predicted octanol–water partition coefficient (Wildman–Crippen LogP) is 5.04. The Labute approximate surface area is 152 Å². The maximum absolute atomic E-state index is 13.3. The lowest BCUT2D eigenvalue weighted by Crippen LogP contribution is -2.05. The Morgan fingerprint density at radius 1 is 0.769 bits per heavy atom. The number of nitrogens with zero attached hydrogens (tertiary/aromatic N) is 1. The summed E-state index contributed by atoms with van der Waals surface area (Å²) in [6.45, 7) is 2.01. The van der Waals surface area contributed by atoms with E-state index in [0.29, 0.717) is 5.56 Å². The zero-order valence-electron chi connectivity index (χ0n) is 14.3. The number of benzene rings is 3. The molecule has 0 aliphatic carbocycles. The highest BCUT2D eigenvalue weighted by atomic mass is 32.2. The molecule has 4 heteroatoms. The summed E-state index contributed by atoms with van der Waals surface area (Å²) >= 11 is 0. The molecule has 1 aromatic heterocycles. The zero-order valence-corrected chi connectivity index (χ0v) is 15.1. The maximum Gasteiger partial charge on any atom is 0.208 e. The number of fused-ring (bicyclic) bond motifs is 1. The van der Waals surface area contributed by atoms with Gasteiger partial charge >= 0.3 is 0 Å². The monoisotopic (exact) mass is 359 g/mol. The normalized spacial score (nSPS) is 11.6. The van der Waals surface area contributed by atoms with Crippen LogP contribution in [0, 0.1) is 6.92 Å². The van der Waals surface area contributed by atoms with Crippen molar-refractivity contribution < 1.29 is 8.42 Å². The molecule has 0 saturated carbocycles. The van der Waals surface area contributed by atoms with Gasteiger partial charge in [0.15, 0.2) is 0 Å². The smallest absolute Gasteiger partial charge is 0.208 e. The second-order valence-electron chi connectivity index (χ2n) is 6.20. The highest BCUT2D eigenvalue weighted by molar-refractivity contribution is 7.91. The van der Waals surface area contributed by atoms with Crippen LogP contribution < -0.4 is 0 Å². The molecule has 0 aliphatic rings. The first-order valence-electron chi connectivity index (χ1n) is 8.32. The van der Waals surface area contributed by atoms with Gasteiger partial charge in [0.2, 0.25) is 9.84 Å². The molecule has 4 rings (SSSR count). The van der Waals surface area contributed by atoms with Gasteiger partial charge in [-0.25, -0.2) is 8.42 Å². The molecule has 0 amide bonds. The van der Waals surface area contributed by atoms with E-state index < -0.39 is 9.84 Å². The highest BCUT2D eigenvalue weighted by Gasteiger charge is 2.24. The van der Waals surface area contributed by atoms with Crippen LogP contribution in [0.3, 0.4) is 0 Å². The fourth-order valence-electron chi connectivity index (χ4n) is 3.07. The lowest BCUT2D eigenvalue weighted by Gasteiger charge is -2.14. The first-order valence-corrected chi connectivity index (χ1v) is 9.80. The number of hydrogen-bond donors (Lipinski definition) is 0. The third kappa shape index (κ3) is 2.78. The van der Waals surface area contributed by atoms with E-state index in [0.717, 1.165) is 22.0 Å². The molecule has 0 N–H and O–H groups in total. The third-order valence-electron chi connectivity index (χ3n) is 4.42. The number of pyridine rings is 1. The SMILES string of the molecule is Cc1ccc(-c2c(S(=O)(=O)c3ccccc3)cnc3ccccc23)cc1. The molecule has 0 radical (unpaired) electrons. The van der Waals surface area contributed by atoms with Gasteiger partial charge in [-0.15, -0.1) is 0 Å². The number of sulfone groups is 1. The van der Waals surface area contributed by atoms with Gasteiger partial charge in [0.25, 0.3) is 0 Å². The van der Waals surface area contributed by atoms with Gasteiger partial charge in [-0.2, -0.15) is 0 Å². The van der Waals surface area contributed by atoms with E-state index in [9.17, 15) is 8.42 Å². The lowest BCUT2D eigenvalue weighted by molar-refractivity contribution is 0.596. The number of para-hydroxylation sites is 1. The van der Waals surface area contributed by atoms with Gasteiger partial charge in [-0.05, 0) is 30.7 Å². The molecule has 4 aromatic rings. The number of aromatic nitrogens is 1. The molecule has 0 bridgehead atoms. The van der Waals surface area contributed by atoms with E-state index >= 15 is 0 Å². The molecule has 0 unspecified atom stereocenters. The summed E-state index contributed by atoms with van der Waals surface area (Å²) in [7, 11) is -3.68. The second kappa shape index (κ2) is 6.39. The van der Waals surface area contributed by atoms with Crippen LogP contribution in [0.5, 0.6) is 0 Å². The van der Waals surface area contributed by atoms with Gasteiger partial charge < -0.3 is 0 Å². The topological polar surface area (TPSA) is 47.0 Å². The average Bonchev–Trinajstić information content (AvgIpc) is 2.68. The van der Waals surface area contributed by atoms with Gasteiger partial charge in [-0.1, -0.05) is 66.2 Å². The molecular formula is C22H17NO2S. The lowest BCUT2D eigenvalue weighted by atomic mass is 10.0. The van der Waals surface area contributed by atoms with E-state index in [4.69, 9.17) is 0 Å². The van der Waals surface area contributed by atoms with Gasteiger partial charge in [0, 0.05) is 17.1 Å². The van der Waals surface area contributed by atoms with E-state index in [2.05, 4.69) is 4.98 Å². The van der Waals surface area contributed by atoms with Crippen LogP contribution in [0.4, 0.5) is 0 Å². The summed E-state index contributed by atoms with van der Waals surface area (Å²) in [5.74, 6) is 0.